The van der Waals surface area contributed by atoms with E-state index in [0.717, 1.165) is 22.6 Å². The van der Waals surface area contributed by atoms with Crippen molar-refractivity contribution in [1.82, 2.24) is 15.0 Å². The lowest BCUT2D eigenvalue weighted by Gasteiger charge is -2.12. The first kappa shape index (κ1) is 22.4. The van der Waals surface area contributed by atoms with Crippen LogP contribution in [0.25, 0.3) is 11.4 Å². The van der Waals surface area contributed by atoms with E-state index in [9.17, 15) is 0 Å². The number of hydrogen-bond donors (Lipinski definition) is 1. The number of ether oxygens (including phenoxy) is 1. The lowest BCUT2D eigenvalue weighted by atomic mass is 10.2. The zero-order chi connectivity index (χ0) is 22.3. The largest absolute Gasteiger partial charge is 0.488 e. The Morgan fingerprint density at radius 2 is 1.78 bits per heavy atom. The maximum absolute atomic E-state index is 6.11. The SMILES string of the molecule is CSCc1cccc(Nc2ncnc(-c3ccccc3OCc3ccc(Cl)c(Cl)c3)n2)c1. The third-order valence-electron chi connectivity index (χ3n) is 4.57. The number of anilines is 2. The molecule has 5 nitrogen and oxygen atoms in total. The highest BCUT2D eigenvalue weighted by molar-refractivity contribution is 7.97. The summed E-state index contributed by atoms with van der Waals surface area (Å²) in [6.45, 7) is 0.340. The molecule has 1 N–H and O–H groups in total. The van der Waals surface area contributed by atoms with E-state index < -0.39 is 0 Å². The zero-order valence-electron chi connectivity index (χ0n) is 17.3. The van der Waals surface area contributed by atoms with Gasteiger partial charge < -0.3 is 10.1 Å². The molecule has 0 amide bonds. The average molecular weight is 483 g/mol. The highest BCUT2D eigenvalue weighted by atomic mass is 35.5. The molecule has 4 aromatic rings. The third kappa shape index (κ3) is 5.71. The molecular weight excluding hydrogens is 463 g/mol. The van der Waals surface area contributed by atoms with Gasteiger partial charge in [0.2, 0.25) is 5.95 Å². The quantitative estimate of drug-likeness (QED) is 0.290. The van der Waals surface area contributed by atoms with Gasteiger partial charge in [0, 0.05) is 11.4 Å². The Hall–Kier alpha value is -2.80. The van der Waals surface area contributed by atoms with Gasteiger partial charge >= 0.3 is 0 Å². The predicted octanol–water partition coefficient (Wildman–Crippen LogP) is 7.03. The molecule has 0 aliphatic carbocycles. The van der Waals surface area contributed by atoms with Crippen molar-refractivity contribution in [3.05, 3.63) is 94.2 Å². The van der Waals surface area contributed by atoms with Crippen LogP contribution in [0.5, 0.6) is 5.75 Å². The van der Waals surface area contributed by atoms with Crippen LogP contribution in [0.4, 0.5) is 11.6 Å². The highest BCUT2D eigenvalue weighted by Crippen LogP contribution is 2.29. The van der Waals surface area contributed by atoms with Crippen LogP contribution in [0.3, 0.4) is 0 Å². The van der Waals surface area contributed by atoms with Gasteiger partial charge in [-0.3, -0.25) is 0 Å². The van der Waals surface area contributed by atoms with Crippen molar-refractivity contribution in [2.45, 2.75) is 12.4 Å². The van der Waals surface area contributed by atoms with Gasteiger partial charge in [-0.05, 0) is 53.8 Å². The zero-order valence-corrected chi connectivity index (χ0v) is 19.6. The molecule has 32 heavy (non-hydrogen) atoms. The fourth-order valence-electron chi connectivity index (χ4n) is 3.09. The second-order valence-corrected chi connectivity index (χ2v) is 8.60. The minimum absolute atomic E-state index is 0.340. The Morgan fingerprint density at radius 3 is 2.62 bits per heavy atom. The average Bonchev–Trinajstić information content (AvgIpc) is 2.81. The Labute approximate surface area is 201 Å². The second kappa shape index (κ2) is 10.7. The van der Waals surface area contributed by atoms with Gasteiger partial charge in [0.15, 0.2) is 5.82 Å². The van der Waals surface area contributed by atoms with Crippen LogP contribution in [0, 0.1) is 0 Å². The van der Waals surface area contributed by atoms with E-state index in [1.807, 2.05) is 42.5 Å². The standard InChI is InChI=1S/C24H20Cl2N4OS/c1-32-14-17-5-4-6-18(11-17)29-24-28-15-27-23(30-24)19-7-2-3-8-22(19)31-13-16-9-10-20(25)21(26)12-16/h2-12,15H,13-14H2,1H3,(H,27,28,29,30). The van der Waals surface area contributed by atoms with Crippen molar-refractivity contribution < 1.29 is 4.74 Å². The molecule has 0 unspecified atom stereocenters. The van der Waals surface area contributed by atoms with Crippen LogP contribution in [-0.2, 0) is 12.4 Å². The van der Waals surface area contributed by atoms with E-state index in [2.05, 4.69) is 38.7 Å². The number of thioether (sulfide) groups is 1. The summed E-state index contributed by atoms with van der Waals surface area (Å²) in [5.74, 6) is 2.60. The van der Waals surface area contributed by atoms with Crippen LogP contribution in [0.1, 0.15) is 11.1 Å². The summed E-state index contributed by atoms with van der Waals surface area (Å²) in [5, 5.41) is 4.27. The number of nitrogens with one attached hydrogen (secondary N) is 1. The van der Waals surface area contributed by atoms with Crippen molar-refractivity contribution in [2.75, 3.05) is 11.6 Å². The molecule has 1 heterocycles. The molecule has 162 valence electrons. The lowest BCUT2D eigenvalue weighted by Crippen LogP contribution is -2.02. The molecule has 4 rings (SSSR count). The fourth-order valence-corrected chi connectivity index (χ4v) is 3.92. The number of rotatable bonds is 8. The first-order chi connectivity index (χ1) is 15.6. The monoisotopic (exact) mass is 482 g/mol. The van der Waals surface area contributed by atoms with Gasteiger partial charge in [-0.2, -0.15) is 16.7 Å². The van der Waals surface area contributed by atoms with E-state index in [1.165, 1.54) is 11.9 Å². The number of para-hydroxylation sites is 1. The Balaban J connectivity index is 1.54. The molecule has 0 radical (unpaired) electrons. The number of aromatic nitrogens is 3. The Morgan fingerprint density at radius 1 is 0.906 bits per heavy atom. The lowest BCUT2D eigenvalue weighted by molar-refractivity contribution is 0.307. The number of hydrogen-bond acceptors (Lipinski definition) is 6. The summed E-state index contributed by atoms with van der Waals surface area (Å²) in [5.41, 5.74) is 3.85. The summed E-state index contributed by atoms with van der Waals surface area (Å²) >= 11 is 13.9. The van der Waals surface area contributed by atoms with E-state index >= 15 is 0 Å². The van der Waals surface area contributed by atoms with Gasteiger partial charge in [0.25, 0.3) is 0 Å². The van der Waals surface area contributed by atoms with Crippen molar-refractivity contribution in [3.63, 3.8) is 0 Å². The normalized spacial score (nSPS) is 10.7. The maximum Gasteiger partial charge on any atom is 0.230 e. The molecule has 1 aromatic heterocycles. The van der Waals surface area contributed by atoms with E-state index in [0.29, 0.717) is 34.2 Å². The molecule has 8 heteroatoms. The molecular formula is C24H20Cl2N4OS. The van der Waals surface area contributed by atoms with Crippen LogP contribution in [-0.4, -0.2) is 21.2 Å². The van der Waals surface area contributed by atoms with Gasteiger partial charge in [-0.1, -0.05) is 53.5 Å². The third-order valence-corrected chi connectivity index (χ3v) is 5.93. The molecule has 0 fully saturated rings. The van der Waals surface area contributed by atoms with E-state index in [4.69, 9.17) is 27.9 Å². The first-order valence-electron chi connectivity index (χ1n) is 9.82. The molecule has 0 bridgehead atoms. The summed E-state index contributed by atoms with van der Waals surface area (Å²) in [6, 6.07) is 21.3. The fraction of sp³-hybridized carbons (Fsp3) is 0.125. The second-order valence-electron chi connectivity index (χ2n) is 6.92. The summed E-state index contributed by atoms with van der Waals surface area (Å²) < 4.78 is 6.05. The molecule has 0 saturated heterocycles. The van der Waals surface area contributed by atoms with Gasteiger partial charge in [-0.15, -0.1) is 0 Å². The minimum atomic E-state index is 0.340. The topological polar surface area (TPSA) is 59.9 Å². The van der Waals surface area contributed by atoms with Crippen molar-refractivity contribution in [3.8, 4) is 17.1 Å². The van der Waals surface area contributed by atoms with Crippen molar-refractivity contribution in [2.24, 2.45) is 0 Å². The van der Waals surface area contributed by atoms with Gasteiger partial charge in [0.05, 0.1) is 15.6 Å². The van der Waals surface area contributed by atoms with Crippen LogP contribution < -0.4 is 10.1 Å². The predicted molar refractivity (Wildman–Crippen MR) is 133 cm³/mol. The number of nitrogens with zero attached hydrogens (tertiary/aromatic N) is 3. The minimum Gasteiger partial charge on any atom is -0.488 e. The van der Waals surface area contributed by atoms with E-state index in [1.54, 1.807) is 23.9 Å². The maximum atomic E-state index is 6.11. The van der Waals surface area contributed by atoms with Crippen LogP contribution in [0.15, 0.2) is 73.1 Å². The molecule has 0 saturated carbocycles. The number of benzene rings is 3. The molecule has 3 aromatic carbocycles. The summed E-state index contributed by atoms with van der Waals surface area (Å²) in [7, 11) is 0. The summed E-state index contributed by atoms with van der Waals surface area (Å²) in [6.07, 6.45) is 3.57. The highest BCUT2D eigenvalue weighted by Gasteiger charge is 2.11. The van der Waals surface area contributed by atoms with Gasteiger partial charge in [0.1, 0.15) is 18.7 Å². The molecule has 0 spiro atoms. The first-order valence-corrected chi connectivity index (χ1v) is 12.0. The smallest absolute Gasteiger partial charge is 0.230 e. The van der Waals surface area contributed by atoms with Crippen LogP contribution >= 0.6 is 35.0 Å². The summed E-state index contributed by atoms with van der Waals surface area (Å²) in [4.78, 5) is 13.2. The van der Waals surface area contributed by atoms with Gasteiger partial charge in [-0.25, -0.2) is 9.97 Å². The molecule has 0 aliphatic rings. The van der Waals surface area contributed by atoms with Crippen molar-refractivity contribution in [1.29, 1.82) is 0 Å². The Kier molecular flexibility index (Phi) is 7.47. The molecule has 0 atom stereocenters. The Bertz CT molecular complexity index is 1220. The number of halogens is 2. The van der Waals surface area contributed by atoms with Crippen molar-refractivity contribution >= 4 is 46.6 Å². The van der Waals surface area contributed by atoms with Crippen LogP contribution in [0.2, 0.25) is 10.0 Å². The molecule has 0 aliphatic heterocycles. The van der Waals surface area contributed by atoms with E-state index in [-0.39, 0.29) is 0 Å².